The molecule has 0 saturated heterocycles. The molecule has 0 aliphatic rings. The Bertz CT molecular complexity index is 139. The summed E-state index contributed by atoms with van der Waals surface area (Å²) in [7, 11) is 6.18. The summed E-state index contributed by atoms with van der Waals surface area (Å²) in [5, 5.41) is 0. The molecule has 0 N–H and O–H groups in total. The van der Waals surface area contributed by atoms with Crippen LogP contribution in [-0.2, 0) is 9.53 Å². The zero-order valence-electron chi connectivity index (χ0n) is 8.34. The number of rotatable bonds is 3. The molecule has 0 aromatic heterocycles. The molecule has 0 bridgehead atoms. The zero-order valence-corrected chi connectivity index (χ0v) is 13.5. The molecule has 0 aliphatic heterocycles. The summed E-state index contributed by atoms with van der Waals surface area (Å²) in [5.41, 5.74) is 0. The van der Waals surface area contributed by atoms with Crippen molar-refractivity contribution in [1.29, 1.82) is 0 Å². The minimum atomic E-state index is -0.201. The Morgan fingerprint density at radius 3 is 2.00 bits per heavy atom. The van der Waals surface area contributed by atoms with Crippen LogP contribution >= 0.6 is 48.5 Å². The molecule has 0 heterocycles. The Balaban J connectivity index is 0. The van der Waals surface area contributed by atoms with E-state index >= 15 is 0 Å². The van der Waals surface area contributed by atoms with Gasteiger partial charge in [-0.3, -0.25) is 4.79 Å². The lowest BCUT2D eigenvalue weighted by Crippen LogP contribution is -2.37. The van der Waals surface area contributed by atoms with Crippen molar-refractivity contribution < 1.29 is 14.0 Å². The van der Waals surface area contributed by atoms with Gasteiger partial charge in [-0.05, 0) is 6.10 Å². The third-order valence-corrected chi connectivity index (χ3v) is 1.07. The Labute approximate surface area is 109 Å². The highest BCUT2D eigenvalue weighted by Crippen LogP contribution is 2.19. The molecule has 80 valence electrons. The average Bonchev–Trinajstić information content (AvgIpc) is 1.84. The highest BCUT2D eigenvalue weighted by Gasteiger charge is 2.06. The third-order valence-electron chi connectivity index (χ3n) is 1.07. The first-order valence-corrected chi connectivity index (χ1v) is 9.57. The van der Waals surface area contributed by atoms with Gasteiger partial charge in [0.05, 0.1) is 21.1 Å². The summed E-state index contributed by atoms with van der Waals surface area (Å²) in [6.07, 6.45) is 1.69. The summed E-state index contributed by atoms with van der Waals surface area (Å²) in [6.45, 7) is 2.80. The topological polar surface area (TPSA) is 26.3 Å². The highest BCUT2D eigenvalue weighted by atomic mass is 127. The molecular formula is C7H16I2NO2S+. The molecule has 0 fully saturated rings. The van der Waals surface area contributed by atoms with Crippen molar-refractivity contribution in [2.24, 2.45) is 0 Å². The number of carbonyl (C=O) groups is 1. The van der Waals surface area contributed by atoms with Crippen LogP contribution in [-0.4, -0.2) is 44.7 Å². The van der Waals surface area contributed by atoms with E-state index < -0.39 is 0 Å². The summed E-state index contributed by atoms with van der Waals surface area (Å²) in [6, 6.07) is 0. The van der Waals surface area contributed by atoms with Crippen LogP contribution in [0.5, 0.6) is 0 Å². The lowest BCUT2D eigenvalue weighted by atomic mass is 10.5. The van der Waals surface area contributed by atoms with Crippen LogP contribution in [0.3, 0.4) is 0 Å². The number of halogens is 2. The number of hydrogen-bond acceptors (Lipinski definition) is 3. The molecule has 0 radical (unpaired) electrons. The highest BCUT2D eigenvalue weighted by molar-refractivity contribution is 14.3. The first-order valence-electron chi connectivity index (χ1n) is 3.66. The van der Waals surface area contributed by atoms with Crippen LogP contribution < -0.4 is 0 Å². The molecule has 3 nitrogen and oxygen atoms in total. The quantitative estimate of drug-likeness (QED) is 0.390. The van der Waals surface area contributed by atoms with Crippen molar-refractivity contribution in [2.45, 2.75) is 6.92 Å². The zero-order chi connectivity index (χ0) is 10.9. The predicted octanol–water partition coefficient (Wildman–Crippen LogP) is 2.68. The molecule has 0 aliphatic carbocycles. The van der Waals surface area contributed by atoms with Gasteiger partial charge in [0, 0.05) is 49.3 Å². The standard InChI is InChI=1S/C7H16NO2.I2S/c1-7(9)10-6-5-8(2,3)4;1-3-2/h5-6H2,1-4H3;/q+1;. The monoisotopic (exact) mass is 432 g/mol. The molecular weight excluding hydrogens is 416 g/mol. The molecule has 6 heteroatoms. The van der Waals surface area contributed by atoms with Gasteiger partial charge < -0.3 is 9.22 Å². The largest absolute Gasteiger partial charge is 0.460 e. The number of nitrogens with zero attached hydrogens (tertiary/aromatic N) is 1. The van der Waals surface area contributed by atoms with Crippen molar-refractivity contribution in [3.8, 4) is 0 Å². The number of likely N-dealkylation sites (N-methyl/N-ethyl adjacent to an activating group) is 1. The van der Waals surface area contributed by atoms with Crippen molar-refractivity contribution in [2.75, 3.05) is 34.3 Å². The summed E-state index contributed by atoms with van der Waals surface area (Å²) in [4.78, 5) is 10.3. The lowest BCUT2D eigenvalue weighted by molar-refractivity contribution is -0.870. The van der Waals surface area contributed by atoms with E-state index in [4.69, 9.17) is 4.74 Å². The van der Waals surface area contributed by atoms with Crippen molar-refractivity contribution in [3.05, 3.63) is 0 Å². The first-order chi connectivity index (χ1) is 5.83. The van der Waals surface area contributed by atoms with E-state index in [0.717, 1.165) is 11.0 Å². The van der Waals surface area contributed by atoms with Crippen LogP contribution in [0.4, 0.5) is 0 Å². The first kappa shape index (κ1) is 16.7. The smallest absolute Gasteiger partial charge is 0.302 e. The van der Waals surface area contributed by atoms with E-state index in [-0.39, 0.29) is 5.97 Å². The fourth-order valence-electron chi connectivity index (χ4n) is 0.463. The van der Waals surface area contributed by atoms with Gasteiger partial charge >= 0.3 is 5.97 Å². The Morgan fingerprint density at radius 2 is 1.77 bits per heavy atom. The second-order valence-electron chi connectivity index (χ2n) is 3.41. The van der Waals surface area contributed by atoms with Crippen LogP contribution in [0.25, 0.3) is 0 Å². The SMILES string of the molecule is CC(=O)OCC[N+](C)(C)C.ISI. The molecule has 0 spiro atoms. The summed E-state index contributed by atoms with van der Waals surface area (Å²) >= 11 is 4.38. The predicted molar refractivity (Wildman–Crippen MR) is 75.2 cm³/mol. The molecule has 0 aromatic rings. The van der Waals surface area contributed by atoms with Crippen LogP contribution in [0.1, 0.15) is 6.92 Å². The fraction of sp³-hybridized carbons (Fsp3) is 0.857. The Morgan fingerprint density at radius 1 is 1.38 bits per heavy atom. The van der Waals surface area contributed by atoms with Crippen molar-refractivity contribution in [3.63, 3.8) is 0 Å². The fourth-order valence-corrected chi connectivity index (χ4v) is 0.463. The van der Waals surface area contributed by atoms with Gasteiger partial charge in [0.15, 0.2) is 0 Å². The van der Waals surface area contributed by atoms with Gasteiger partial charge in [-0.1, -0.05) is 0 Å². The molecule has 0 saturated carbocycles. The number of hydrogen-bond donors (Lipinski definition) is 0. The maximum atomic E-state index is 10.3. The average molecular weight is 432 g/mol. The van der Waals surface area contributed by atoms with Crippen molar-refractivity contribution in [1.82, 2.24) is 0 Å². The summed E-state index contributed by atoms with van der Waals surface area (Å²) in [5.74, 6) is -0.201. The molecule has 0 aromatic carbocycles. The van der Waals surface area contributed by atoms with Gasteiger partial charge in [-0.25, -0.2) is 0 Å². The van der Waals surface area contributed by atoms with E-state index in [1.807, 2.05) is 0 Å². The van der Waals surface area contributed by atoms with Gasteiger partial charge in [0.1, 0.15) is 13.2 Å². The van der Waals surface area contributed by atoms with E-state index in [2.05, 4.69) is 63.6 Å². The molecule has 0 amide bonds. The van der Waals surface area contributed by atoms with Gasteiger partial charge in [-0.15, -0.1) is 0 Å². The van der Waals surface area contributed by atoms with Crippen molar-refractivity contribution >= 4 is 54.5 Å². The normalized spacial score (nSPS) is 10.0. The molecule has 0 atom stereocenters. The van der Waals surface area contributed by atoms with Gasteiger partial charge in [-0.2, -0.15) is 0 Å². The van der Waals surface area contributed by atoms with E-state index in [9.17, 15) is 4.79 Å². The maximum absolute atomic E-state index is 10.3. The molecule has 0 rings (SSSR count). The lowest BCUT2D eigenvalue weighted by Gasteiger charge is -2.23. The van der Waals surface area contributed by atoms with Gasteiger partial charge in [0.2, 0.25) is 0 Å². The Kier molecular flexibility index (Phi) is 12.5. The van der Waals surface area contributed by atoms with E-state index in [1.54, 1.807) is 6.10 Å². The van der Waals surface area contributed by atoms with E-state index in [1.165, 1.54) is 6.92 Å². The molecule has 0 unspecified atom stereocenters. The number of esters is 1. The second-order valence-corrected chi connectivity index (χ2v) is 11.2. The van der Waals surface area contributed by atoms with Gasteiger partial charge in [0.25, 0.3) is 0 Å². The van der Waals surface area contributed by atoms with E-state index in [0.29, 0.717) is 6.61 Å². The maximum Gasteiger partial charge on any atom is 0.302 e. The number of quaternary nitrogens is 1. The van der Waals surface area contributed by atoms with Crippen LogP contribution in [0, 0.1) is 0 Å². The minimum absolute atomic E-state index is 0.201. The molecule has 13 heavy (non-hydrogen) atoms. The number of carbonyl (C=O) groups excluding carboxylic acids is 1. The second kappa shape index (κ2) is 9.78. The Hall–Kier alpha value is 1.24. The third kappa shape index (κ3) is 24.6. The number of ether oxygens (including phenoxy) is 1. The minimum Gasteiger partial charge on any atom is -0.460 e. The van der Waals surface area contributed by atoms with Crippen LogP contribution in [0.15, 0.2) is 0 Å². The summed E-state index contributed by atoms with van der Waals surface area (Å²) < 4.78 is 5.59. The van der Waals surface area contributed by atoms with Crippen LogP contribution in [0.2, 0.25) is 0 Å².